The van der Waals surface area contributed by atoms with Gasteiger partial charge in [-0.25, -0.2) is 39.3 Å². The number of nitrogens with zero attached hydrogens (tertiary/aromatic N) is 10. The van der Waals surface area contributed by atoms with Crippen molar-refractivity contribution in [3.8, 4) is 0 Å². The molecule has 2 saturated heterocycles. The summed E-state index contributed by atoms with van der Waals surface area (Å²) in [6.07, 6.45) is 5.27. The standard InChI is InChI=1S/C16H20N6O2.C9H11ClN4O2.C7H10N2/c1-10(2)13-8-24-16(23)22(13)15-19-9-18-14(21-15)20-11(3)12-6-4-5-7-17-12;1-5(2)6-3-16-9(15)14(6)8-12-4-11-7(10)13-8;1-6(8)7-4-2-3-5-9-7/h4-7,9-11,13H,8H2,1-3H3,(H,18,19,20,21);4-6H,3H2,1-2H3;2-6H,8H2,1H3/t11-,13+;2*6-/m010/s1. The average molecular weight is 693 g/mol. The first kappa shape index (κ1) is 36.7. The molecule has 4 aromatic rings. The first-order valence-corrected chi connectivity index (χ1v) is 16.1. The van der Waals surface area contributed by atoms with Gasteiger partial charge in [0, 0.05) is 18.4 Å². The maximum atomic E-state index is 12.0. The number of hydrogen-bond donors (Lipinski definition) is 2. The monoisotopic (exact) mass is 692 g/mol. The maximum Gasteiger partial charge on any atom is 0.417 e. The van der Waals surface area contributed by atoms with Gasteiger partial charge in [-0.15, -0.1) is 0 Å². The molecule has 16 nitrogen and oxygen atoms in total. The largest absolute Gasteiger partial charge is 0.447 e. The van der Waals surface area contributed by atoms with E-state index in [0.29, 0.717) is 25.1 Å². The summed E-state index contributed by atoms with van der Waals surface area (Å²) >= 11 is 5.66. The van der Waals surface area contributed by atoms with Gasteiger partial charge in [-0.1, -0.05) is 39.8 Å². The topological polar surface area (TPSA) is 200 Å². The van der Waals surface area contributed by atoms with Gasteiger partial charge in [0.1, 0.15) is 25.9 Å². The molecular formula is C32H41ClN12O4. The summed E-state index contributed by atoms with van der Waals surface area (Å²) in [5.74, 6) is 1.41. The molecule has 6 rings (SSSR count). The van der Waals surface area contributed by atoms with Gasteiger partial charge in [0.2, 0.25) is 23.1 Å². The molecule has 260 valence electrons. The van der Waals surface area contributed by atoms with Gasteiger partial charge in [-0.3, -0.25) is 9.97 Å². The Bertz CT molecular complexity index is 1650. The molecule has 0 unspecified atom stereocenters. The smallest absolute Gasteiger partial charge is 0.417 e. The number of nitrogens with one attached hydrogen (secondary N) is 1. The Morgan fingerprint density at radius 3 is 1.69 bits per heavy atom. The average Bonchev–Trinajstić information content (AvgIpc) is 3.69. The Morgan fingerprint density at radius 2 is 1.24 bits per heavy atom. The molecule has 3 N–H and O–H groups in total. The van der Waals surface area contributed by atoms with Crippen LogP contribution in [0.5, 0.6) is 0 Å². The highest BCUT2D eigenvalue weighted by atomic mass is 35.5. The lowest BCUT2D eigenvalue weighted by Gasteiger charge is -2.22. The first-order valence-electron chi connectivity index (χ1n) is 15.8. The summed E-state index contributed by atoms with van der Waals surface area (Å²) in [7, 11) is 0. The van der Waals surface area contributed by atoms with Crippen molar-refractivity contribution >= 4 is 41.6 Å². The molecule has 0 radical (unpaired) electrons. The highest BCUT2D eigenvalue weighted by Crippen LogP contribution is 2.26. The van der Waals surface area contributed by atoms with E-state index < -0.39 is 12.2 Å². The second kappa shape index (κ2) is 17.3. The quantitative estimate of drug-likeness (QED) is 0.249. The van der Waals surface area contributed by atoms with E-state index in [2.05, 4.69) is 45.2 Å². The highest BCUT2D eigenvalue weighted by Gasteiger charge is 2.39. The number of pyridine rings is 2. The fourth-order valence-corrected chi connectivity index (χ4v) is 4.84. The zero-order valence-electron chi connectivity index (χ0n) is 28.2. The molecule has 17 heteroatoms. The molecule has 0 saturated carbocycles. The Hall–Kier alpha value is -5.09. The van der Waals surface area contributed by atoms with Crippen LogP contribution >= 0.6 is 11.6 Å². The zero-order valence-corrected chi connectivity index (χ0v) is 29.0. The summed E-state index contributed by atoms with van der Waals surface area (Å²) in [5, 5.41) is 3.24. The Balaban J connectivity index is 0.000000185. The third-order valence-electron chi connectivity index (χ3n) is 7.50. The molecule has 0 bridgehead atoms. The summed E-state index contributed by atoms with van der Waals surface area (Å²) in [5.41, 5.74) is 7.37. The highest BCUT2D eigenvalue weighted by molar-refractivity contribution is 6.28. The lowest BCUT2D eigenvalue weighted by Crippen LogP contribution is -2.38. The number of anilines is 3. The Morgan fingerprint density at radius 1 is 0.735 bits per heavy atom. The molecule has 2 fully saturated rings. The van der Waals surface area contributed by atoms with E-state index in [1.807, 2.05) is 77.9 Å². The van der Waals surface area contributed by atoms with E-state index in [1.165, 1.54) is 22.5 Å². The second-order valence-electron chi connectivity index (χ2n) is 11.8. The van der Waals surface area contributed by atoms with Crippen LogP contribution in [0.1, 0.15) is 65.0 Å². The number of carbonyl (C=O) groups is 2. The van der Waals surface area contributed by atoms with Crippen LogP contribution < -0.4 is 20.9 Å². The third kappa shape index (κ3) is 9.96. The Kier molecular flexibility index (Phi) is 13.0. The van der Waals surface area contributed by atoms with Gasteiger partial charge >= 0.3 is 12.2 Å². The normalized spacial score (nSPS) is 18.2. The molecule has 2 amide bonds. The molecule has 49 heavy (non-hydrogen) atoms. The van der Waals surface area contributed by atoms with Crippen molar-refractivity contribution in [1.82, 2.24) is 39.9 Å². The van der Waals surface area contributed by atoms with Crippen LogP contribution in [-0.2, 0) is 9.47 Å². The SMILES string of the molecule is CC(C)[C@H]1COC(=O)N1c1ncnc(Cl)n1.CC(C)[C@H]1COC(=O)N1c1ncnc(N[C@@H](C)c2ccccn2)n1.C[C@H](N)c1ccccn1. The minimum atomic E-state index is -0.444. The van der Waals surface area contributed by atoms with Crippen molar-refractivity contribution < 1.29 is 19.1 Å². The molecule has 2 aliphatic heterocycles. The van der Waals surface area contributed by atoms with Crippen LogP contribution in [0.2, 0.25) is 5.28 Å². The van der Waals surface area contributed by atoms with Crippen molar-refractivity contribution in [2.45, 2.75) is 65.7 Å². The number of rotatable bonds is 8. The van der Waals surface area contributed by atoms with Gasteiger partial charge in [0.25, 0.3) is 0 Å². The molecule has 0 spiro atoms. The summed E-state index contributed by atoms with van der Waals surface area (Å²) in [6, 6.07) is 11.3. The van der Waals surface area contributed by atoms with E-state index in [1.54, 1.807) is 12.4 Å². The van der Waals surface area contributed by atoms with E-state index in [9.17, 15) is 9.59 Å². The number of hydrogen-bond acceptors (Lipinski definition) is 14. The first-order chi connectivity index (χ1) is 23.5. The minimum absolute atomic E-state index is 0.0474. The van der Waals surface area contributed by atoms with Crippen LogP contribution in [0.15, 0.2) is 61.4 Å². The number of nitrogens with two attached hydrogens (primary N) is 1. The fraction of sp³-hybridized carbons (Fsp3) is 0.438. The zero-order chi connectivity index (χ0) is 35.5. The van der Waals surface area contributed by atoms with Gasteiger partial charge < -0.3 is 20.5 Å². The van der Waals surface area contributed by atoms with Gasteiger partial charge in [-0.05, 0) is 61.5 Å². The predicted molar refractivity (Wildman–Crippen MR) is 183 cm³/mol. The molecule has 0 aromatic carbocycles. The number of carbonyl (C=O) groups excluding carboxylic acids is 2. The number of amides is 2. The fourth-order valence-electron chi connectivity index (χ4n) is 4.72. The summed E-state index contributed by atoms with van der Waals surface area (Å²) in [4.78, 5) is 59.0. The molecule has 6 heterocycles. The van der Waals surface area contributed by atoms with Gasteiger partial charge in [-0.2, -0.15) is 9.97 Å². The van der Waals surface area contributed by atoms with E-state index in [0.717, 1.165) is 11.4 Å². The van der Waals surface area contributed by atoms with E-state index in [-0.39, 0.29) is 47.2 Å². The number of halogens is 1. The van der Waals surface area contributed by atoms with Crippen molar-refractivity contribution in [3.05, 3.63) is 78.1 Å². The maximum absolute atomic E-state index is 12.0. The predicted octanol–water partition coefficient (Wildman–Crippen LogP) is 5.03. The van der Waals surface area contributed by atoms with Crippen molar-refractivity contribution in [2.24, 2.45) is 17.6 Å². The second-order valence-corrected chi connectivity index (χ2v) is 12.2. The Labute approximate surface area is 289 Å². The van der Waals surface area contributed by atoms with Crippen molar-refractivity contribution in [2.75, 3.05) is 28.3 Å². The third-order valence-corrected chi connectivity index (χ3v) is 7.68. The van der Waals surface area contributed by atoms with E-state index >= 15 is 0 Å². The molecule has 4 aromatic heterocycles. The summed E-state index contributed by atoms with van der Waals surface area (Å²) in [6.45, 7) is 12.6. The molecule has 4 atom stereocenters. The molecule has 2 aliphatic rings. The lowest BCUT2D eigenvalue weighted by atomic mass is 10.1. The number of aromatic nitrogens is 8. The van der Waals surface area contributed by atoms with Crippen LogP contribution in [0.25, 0.3) is 0 Å². The van der Waals surface area contributed by atoms with Crippen LogP contribution in [0.3, 0.4) is 0 Å². The minimum Gasteiger partial charge on any atom is -0.447 e. The molecular weight excluding hydrogens is 652 g/mol. The number of cyclic esters (lactones) is 2. The summed E-state index contributed by atoms with van der Waals surface area (Å²) < 4.78 is 10.1. The van der Waals surface area contributed by atoms with Gasteiger partial charge in [0.05, 0.1) is 29.5 Å². The lowest BCUT2D eigenvalue weighted by molar-refractivity contribution is 0.176. The number of ether oxygens (including phenoxy) is 2. The van der Waals surface area contributed by atoms with Crippen molar-refractivity contribution in [1.29, 1.82) is 0 Å². The van der Waals surface area contributed by atoms with Gasteiger partial charge in [0.15, 0.2) is 0 Å². The van der Waals surface area contributed by atoms with E-state index in [4.69, 9.17) is 26.8 Å². The van der Waals surface area contributed by atoms with Crippen LogP contribution in [0.4, 0.5) is 27.4 Å². The molecule has 0 aliphatic carbocycles. The van der Waals surface area contributed by atoms with Crippen LogP contribution in [-0.4, -0.2) is 77.4 Å². The van der Waals surface area contributed by atoms with Crippen LogP contribution in [0, 0.1) is 11.8 Å². The van der Waals surface area contributed by atoms with Crippen molar-refractivity contribution in [3.63, 3.8) is 0 Å².